The number of para-hydroxylation sites is 1. The fraction of sp³-hybridized carbons (Fsp3) is 0.125. The van der Waals surface area contributed by atoms with E-state index in [2.05, 4.69) is 12.6 Å². The Labute approximate surface area is 108 Å². The number of nitrogen functional groups attached to an aromatic ring is 2. The van der Waals surface area contributed by atoms with Gasteiger partial charge in [0.15, 0.2) is 0 Å². The maximum absolute atomic E-state index is 6.17. The largest absolute Gasteiger partial charge is 0.399 e. The molecule has 0 aliphatic heterocycles. The lowest BCUT2D eigenvalue weighted by Gasteiger charge is -2.10. The average molecular weight is 238 g/mol. The minimum atomic E-state index is 0.784. The molecule has 0 radical (unpaired) electrons. The number of allylic oxidation sites excluding steroid dienone is 1. The summed E-state index contributed by atoms with van der Waals surface area (Å²) < 4.78 is 0. The molecular weight excluding hydrogens is 220 g/mol. The fourth-order valence-electron chi connectivity index (χ4n) is 2.01. The minimum absolute atomic E-state index is 0.784. The number of hydrogen-bond donors (Lipinski definition) is 2. The van der Waals surface area contributed by atoms with Crippen molar-refractivity contribution in [3.63, 3.8) is 0 Å². The van der Waals surface area contributed by atoms with Gasteiger partial charge in [-0.15, -0.1) is 6.58 Å². The molecule has 0 aromatic heterocycles. The van der Waals surface area contributed by atoms with Crippen molar-refractivity contribution < 1.29 is 0 Å². The quantitative estimate of drug-likeness (QED) is 0.635. The monoisotopic (exact) mass is 238 g/mol. The van der Waals surface area contributed by atoms with Gasteiger partial charge in [0.25, 0.3) is 0 Å². The number of benzene rings is 2. The second-order valence-corrected chi connectivity index (χ2v) is 4.40. The summed E-state index contributed by atoms with van der Waals surface area (Å²) in [7, 11) is 0. The maximum Gasteiger partial charge on any atom is 0.0385 e. The predicted octanol–water partition coefficient (Wildman–Crippen LogP) is 3.17. The summed E-state index contributed by atoms with van der Waals surface area (Å²) in [4.78, 5) is 0. The van der Waals surface area contributed by atoms with Gasteiger partial charge >= 0.3 is 0 Å². The van der Waals surface area contributed by atoms with Gasteiger partial charge in [-0.05, 0) is 41.7 Å². The van der Waals surface area contributed by atoms with E-state index in [1.165, 1.54) is 5.56 Å². The van der Waals surface area contributed by atoms with Crippen molar-refractivity contribution in [1.29, 1.82) is 0 Å². The van der Waals surface area contributed by atoms with Gasteiger partial charge in [0.2, 0.25) is 0 Å². The van der Waals surface area contributed by atoms with Crippen molar-refractivity contribution in [2.75, 3.05) is 11.5 Å². The Morgan fingerprint density at radius 2 is 1.61 bits per heavy atom. The minimum Gasteiger partial charge on any atom is -0.399 e. The van der Waals surface area contributed by atoms with E-state index in [-0.39, 0.29) is 0 Å². The van der Waals surface area contributed by atoms with Crippen LogP contribution in [0.4, 0.5) is 11.4 Å². The van der Waals surface area contributed by atoms with Crippen LogP contribution in [-0.2, 0) is 12.8 Å². The molecule has 0 bridgehead atoms. The first-order chi connectivity index (χ1) is 8.70. The molecule has 0 spiro atoms. The Kier molecular flexibility index (Phi) is 3.68. The molecule has 2 heteroatoms. The highest BCUT2D eigenvalue weighted by Crippen LogP contribution is 2.21. The average Bonchev–Trinajstić information content (AvgIpc) is 2.37. The summed E-state index contributed by atoms with van der Waals surface area (Å²) in [5.74, 6) is 0. The SMILES string of the molecule is C=CCc1cccc(Cc2ccc(N)cc2)c1N. The van der Waals surface area contributed by atoms with Crippen LogP contribution in [0.5, 0.6) is 0 Å². The zero-order valence-electron chi connectivity index (χ0n) is 10.4. The number of rotatable bonds is 4. The molecule has 2 aromatic rings. The zero-order chi connectivity index (χ0) is 13.0. The number of anilines is 2. The summed E-state index contributed by atoms with van der Waals surface area (Å²) in [6.07, 6.45) is 3.51. The fourth-order valence-corrected chi connectivity index (χ4v) is 2.01. The first kappa shape index (κ1) is 12.2. The van der Waals surface area contributed by atoms with E-state index in [9.17, 15) is 0 Å². The first-order valence-corrected chi connectivity index (χ1v) is 6.02. The molecule has 2 rings (SSSR count). The van der Waals surface area contributed by atoms with Gasteiger partial charge in [0, 0.05) is 11.4 Å². The third kappa shape index (κ3) is 2.72. The van der Waals surface area contributed by atoms with E-state index in [0.29, 0.717) is 0 Å². The summed E-state index contributed by atoms with van der Waals surface area (Å²) >= 11 is 0. The number of nitrogens with two attached hydrogens (primary N) is 2. The van der Waals surface area contributed by atoms with E-state index in [1.807, 2.05) is 42.5 Å². The molecule has 2 nitrogen and oxygen atoms in total. The van der Waals surface area contributed by atoms with Crippen molar-refractivity contribution in [3.8, 4) is 0 Å². The van der Waals surface area contributed by atoms with Crippen LogP contribution in [0.3, 0.4) is 0 Å². The lowest BCUT2D eigenvalue weighted by Crippen LogP contribution is -2.00. The lowest BCUT2D eigenvalue weighted by atomic mass is 9.99. The predicted molar refractivity (Wildman–Crippen MR) is 78.4 cm³/mol. The van der Waals surface area contributed by atoms with E-state index in [0.717, 1.165) is 35.3 Å². The van der Waals surface area contributed by atoms with Gasteiger partial charge < -0.3 is 11.5 Å². The molecule has 0 saturated heterocycles. The lowest BCUT2D eigenvalue weighted by molar-refractivity contribution is 1.17. The highest BCUT2D eigenvalue weighted by molar-refractivity contribution is 5.56. The molecule has 2 aromatic carbocycles. The number of hydrogen-bond acceptors (Lipinski definition) is 2. The molecular formula is C16H18N2. The van der Waals surface area contributed by atoms with Gasteiger partial charge in [0.05, 0.1) is 0 Å². The van der Waals surface area contributed by atoms with Gasteiger partial charge in [-0.2, -0.15) is 0 Å². The van der Waals surface area contributed by atoms with E-state index < -0.39 is 0 Å². The molecule has 0 atom stereocenters. The summed E-state index contributed by atoms with van der Waals surface area (Å²) in [5.41, 5.74) is 17.0. The van der Waals surface area contributed by atoms with Gasteiger partial charge in [0.1, 0.15) is 0 Å². The smallest absolute Gasteiger partial charge is 0.0385 e. The zero-order valence-corrected chi connectivity index (χ0v) is 10.4. The molecule has 0 amide bonds. The van der Waals surface area contributed by atoms with Crippen LogP contribution in [-0.4, -0.2) is 0 Å². The van der Waals surface area contributed by atoms with Crippen LogP contribution in [0.25, 0.3) is 0 Å². The summed E-state index contributed by atoms with van der Waals surface area (Å²) in [6.45, 7) is 3.75. The van der Waals surface area contributed by atoms with Gasteiger partial charge in [-0.3, -0.25) is 0 Å². The van der Waals surface area contributed by atoms with Crippen molar-refractivity contribution in [2.45, 2.75) is 12.8 Å². The Hall–Kier alpha value is -2.22. The third-order valence-electron chi connectivity index (χ3n) is 3.03. The Balaban J connectivity index is 2.26. The van der Waals surface area contributed by atoms with Gasteiger partial charge in [-0.1, -0.05) is 36.4 Å². The maximum atomic E-state index is 6.17. The normalized spacial score (nSPS) is 10.2. The van der Waals surface area contributed by atoms with Crippen LogP contribution < -0.4 is 11.5 Å². The van der Waals surface area contributed by atoms with Crippen LogP contribution in [0.2, 0.25) is 0 Å². The molecule has 0 fully saturated rings. The topological polar surface area (TPSA) is 52.0 Å². The van der Waals surface area contributed by atoms with Crippen molar-refractivity contribution in [3.05, 3.63) is 71.8 Å². The first-order valence-electron chi connectivity index (χ1n) is 6.02. The van der Waals surface area contributed by atoms with Crippen LogP contribution in [0.15, 0.2) is 55.1 Å². The van der Waals surface area contributed by atoms with E-state index >= 15 is 0 Å². The molecule has 92 valence electrons. The molecule has 4 N–H and O–H groups in total. The Morgan fingerprint density at radius 1 is 0.944 bits per heavy atom. The van der Waals surface area contributed by atoms with Crippen LogP contribution >= 0.6 is 0 Å². The molecule has 0 aliphatic carbocycles. The van der Waals surface area contributed by atoms with E-state index in [4.69, 9.17) is 11.5 Å². The van der Waals surface area contributed by atoms with Crippen molar-refractivity contribution >= 4 is 11.4 Å². The van der Waals surface area contributed by atoms with Crippen LogP contribution in [0.1, 0.15) is 16.7 Å². The van der Waals surface area contributed by atoms with Crippen molar-refractivity contribution in [2.24, 2.45) is 0 Å². The molecule has 0 unspecified atom stereocenters. The Bertz CT molecular complexity index is 542. The Morgan fingerprint density at radius 3 is 2.28 bits per heavy atom. The van der Waals surface area contributed by atoms with E-state index in [1.54, 1.807) is 0 Å². The second kappa shape index (κ2) is 5.41. The molecule has 18 heavy (non-hydrogen) atoms. The van der Waals surface area contributed by atoms with Crippen molar-refractivity contribution in [1.82, 2.24) is 0 Å². The second-order valence-electron chi connectivity index (χ2n) is 4.40. The third-order valence-corrected chi connectivity index (χ3v) is 3.03. The standard InChI is InChI=1S/C16H18N2/c1-2-4-13-5-3-6-14(16(13)18)11-12-7-9-15(17)10-8-12/h2-3,5-10H,1,4,11,17-18H2. The molecule has 0 saturated carbocycles. The molecule has 0 aliphatic rings. The highest BCUT2D eigenvalue weighted by atomic mass is 14.6. The summed E-state index contributed by atoms with van der Waals surface area (Å²) in [6, 6.07) is 14.1. The summed E-state index contributed by atoms with van der Waals surface area (Å²) in [5, 5.41) is 0. The van der Waals surface area contributed by atoms with Gasteiger partial charge in [-0.25, -0.2) is 0 Å². The van der Waals surface area contributed by atoms with Crippen LogP contribution in [0, 0.1) is 0 Å². The highest BCUT2D eigenvalue weighted by Gasteiger charge is 2.04. The molecule has 0 heterocycles.